The van der Waals surface area contributed by atoms with E-state index in [2.05, 4.69) is 91.9 Å². The lowest BCUT2D eigenvalue weighted by Crippen LogP contribution is -1.91. The van der Waals surface area contributed by atoms with Crippen LogP contribution in [0.15, 0.2) is 97.1 Å². The molecule has 3 aromatic carbocycles. The summed E-state index contributed by atoms with van der Waals surface area (Å²) in [6.07, 6.45) is 0. The Bertz CT molecular complexity index is 931. The molecule has 0 spiro atoms. The molecule has 0 atom stereocenters. The highest BCUT2D eigenvalue weighted by atomic mass is 14.7. The lowest BCUT2D eigenvalue weighted by Gasteiger charge is -2.10. The van der Waals surface area contributed by atoms with Crippen LogP contribution in [-0.4, -0.2) is 4.98 Å². The summed E-state index contributed by atoms with van der Waals surface area (Å²) in [6.45, 7) is 6.11. The molecule has 0 aliphatic rings. The highest BCUT2D eigenvalue weighted by Crippen LogP contribution is 2.30. The zero-order chi connectivity index (χ0) is 19.1. The summed E-state index contributed by atoms with van der Waals surface area (Å²) >= 11 is 0. The number of benzene rings is 3. The van der Waals surface area contributed by atoms with E-state index in [9.17, 15) is 0 Å². The first-order valence-corrected chi connectivity index (χ1v) is 9.49. The van der Waals surface area contributed by atoms with Gasteiger partial charge in [0.05, 0.1) is 11.4 Å². The van der Waals surface area contributed by atoms with Gasteiger partial charge < -0.3 is 0 Å². The maximum Gasteiger partial charge on any atom is 0.0715 e. The number of hydrogen-bond acceptors (Lipinski definition) is 1. The fourth-order valence-corrected chi connectivity index (χ4v) is 3.04. The summed E-state index contributed by atoms with van der Waals surface area (Å²) in [6, 6.07) is 33.7. The Labute approximate surface area is 162 Å². The van der Waals surface area contributed by atoms with Gasteiger partial charge in [-0.3, -0.25) is 0 Å². The Balaban J connectivity index is 0.00000102. The number of pyridine rings is 1. The minimum Gasteiger partial charge on any atom is -0.248 e. The molecule has 1 aromatic heterocycles. The standard InChI is InChI=1S/C24H19N.C2H6/c1-18-9-8-14-21(15-18)24-17-22(19-10-4-2-5-11-19)16-23(25-24)20-12-6-3-7-13-20;1-2/h2-17H,1H3;1-2H3. The van der Waals surface area contributed by atoms with Crippen molar-refractivity contribution < 1.29 is 0 Å². The molecular formula is C26H25N. The van der Waals surface area contributed by atoms with Crippen LogP contribution < -0.4 is 0 Å². The Morgan fingerprint density at radius 1 is 0.481 bits per heavy atom. The predicted molar refractivity (Wildman–Crippen MR) is 117 cm³/mol. The average molecular weight is 351 g/mol. The second-order valence-electron chi connectivity index (χ2n) is 6.23. The van der Waals surface area contributed by atoms with Crippen LogP contribution in [0, 0.1) is 6.92 Å². The molecule has 0 saturated carbocycles. The third kappa shape index (κ3) is 4.51. The maximum absolute atomic E-state index is 4.94. The highest BCUT2D eigenvalue weighted by molar-refractivity contribution is 5.76. The van der Waals surface area contributed by atoms with Gasteiger partial charge in [-0.15, -0.1) is 0 Å². The molecule has 1 heterocycles. The van der Waals surface area contributed by atoms with Crippen LogP contribution in [0.4, 0.5) is 0 Å². The van der Waals surface area contributed by atoms with Crippen LogP contribution in [0.25, 0.3) is 33.6 Å². The number of hydrogen-bond donors (Lipinski definition) is 0. The van der Waals surface area contributed by atoms with E-state index in [1.54, 1.807) is 0 Å². The number of aryl methyl sites for hydroxylation is 1. The van der Waals surface area contributed by atoms with Gasteiger partial charge in [-0.05, 0) is 36.2 Å². The number of nitrogens with zero attached hydrogens (tertiary/aromatic N) is 1. The predicted octanol–water partition coefficient (Wildman–Crippen LogP) is 7.42. The Kier molecular flexibility index (Phi) is 6.17. The monoisotopic (exact) mass is 351 g/mol. The van der Waals surface area contributed by atoms with Crippen LogP contribution in [0.1, 0.15) is 19.4 Å². The molecule has 27 heavy (non-hydrogen) atoms. The van der Waals surface area contributed by atoms with Crippen LogP contribution in [0.3, 0.4) is 0 Å². The summed E-state index contributed by atoms with van der Waals surface area (Å²) in [5.41, 5.74) is 7.92. The van der Waals surface area contributed by atoms with Gasteiger partial charge in [0.1, 0.15) is 0 Å². The van der Waals surface area contributed by atoms with Crippen molar-refractivity contribution in [3.8, 4) is 33.6 Å². The molecule has 134 valence electrons. The maximum atomic E-state index is 4.94. The molecule has 0 radical (unpaired) electrons. The van der Waals surface area contributed by atoms with Crippen molar-refractivity contribution in [2.24, 2.45) is 0 Å². The molecule has 0 saturated heterocycles. The first kappa shape index (κ1) is 18.6. The van der Waals surface area contributed by atoms with Gasteiger partial charge in [-0.1, -0.05) is 98.3 Å². The summed E-state index contributed by atoms with van der Waals surface area (Å²) in [5.74, 6) is 0. The molecule has 0 aliphatic heterocycles. The third-order valence-corrected chi connectivity index (χ3v) is 4.32. The van der Waals surface area contributed by atoms with E-state index >= 15 is 0 Å². The van der Waals surface area contributed by atoms with Gasteiger partial charge in [0.15, 0.2) is 0 Å². The van der Waals surface area contributed by atoms with Gasteiger partial charge in [0.2, 0.25) is 0 Å². The van der Waals surface area contributed by atoms with E-state index in [0.717, 1.165) is 22.5 Å². The summed E-state index contributed by atoms with van der Waals surface area (Å²) in [5, 5.41) is 0. The van der Waals surface area contributed by atoms with E-state index in [-0.39, 0.29) is 0 Å². The quantitative estimate of drug-likeness (QED) is 0.374. The minimum atomic E-state index is 0.999. The zero-order valence-electron chi connectivity index (χ0n) is 16.2. The first-order chi connectivity index (χ1) is 13.3. The molecule has 0 unspecified atom stereocenters. The van der Waals surface area contributed by atoms with Crippen molar-refractivity contribution in [1.29, 1.82) is 0 Å². The second-order valence-corrected chi connectivity index (χ2v) is 6.23. The van der Waals surface area contributed by atoms with E-state index in [1.807, 2.05) is 26.0 Å². The minimum absolute atomic E-state index is 0.999. The molecular weight excluding hydrogens is 326 g/mol. The molecule has 0 fully saturated rings. The van der Waals surface area contributed by atoms with Crippen LogP contribution in [0.2, 0.25) is 0 Å². The Hall–Kier alpha value is -3.19. The molecule has 4 rings (SSSR count). The molecule has 1 heteroatoms. The van der Waals surface area contributed by atoms with Crippen LogP contribution in [-0.2, 0) is 0 Å². The van der Waals surface area contributed by atoms with Crippen molar-refractivity contribution in [1.82, 2.24) is 4.98 Å². The van der Waals surface area contributed by atoms with E-state index < -0.39 is 0 Å². The van der Waals surface area contributed by atoms with Gasteiger partial charge in [0.25, 0.3) is 0 Å². The summed E-state index contributed by atoms with van der Waals surface area (Å²) in [4.78, 5) is 4.94. The van der Waals surface area contributed by atoms with Gasteiger partial charge in [0, 0.05) is 11.1 Å². The highest BCUT2D eigenvalue weighted by Gasteiger charge is 2.08. The van der Waals surface area contributed by atoms with Crippen molar-refractivity contribution in [2.75, 3.05) is 0 Å². The van der Waals surface area contributed by atoms with Crippen LogP contribution >= 0.6 is 0 Å². The van der Waals surface area contributed by atoms with Gasteiger partial charge in [-0.25, -0.2) is 4.98 Å². The molecule has 0 amide bonds. The van der Waals surface area contributed by atoms with Crippen LogP contribution in [0.5, 0.6) is 0 Å². The van der Waals surface area contributed by atoms with Crippen molar-refractivity contribution in [2.45, 2.75) is 20.8 Å². The van der Waals surface area contributed by atoms with Crippen molar-refractivity contribution >= 4 is 0 Å². The van der Waals surface area contributed by atoms with Gasteiger partial charge >= 0.3 is 0 Å². The van der Waals surface area contributed by atoms with Crippen molar-refractivity contribution in [3.63, 3.8) is 0 Å². The molecule has 0 aliphatic carbocycles. The summed E-state index contributed by atoms with van der Waals surface area (Å²) in [7, 11) is 0. The number of aromatic nitrogens is 1. The Morgan fingerprint density at radius 3 is 1.59 bits per heavy atom. The second kappa shape index (κ2) is 8.95. The largest absolute Gasteiger partial charge is 0.248 e. The van der Waals surface area contributed by atoms with E-state index in [1.165, 1.54) is 16.7 Å². The average Bonchev–Trinajstić information content (AvgIpc) is 2.76. The van der Waals surface area contributed by atoms with E-state index in [4.69, 9.17) is 4.98 Å². The lowest BCUT2D eigenvalue weighted by molar-refractivity contribution is 1.31. The fourth-order valence-electron chi connectivity index (χ4n) is 3.04. The first-order valence-electron chi connectivity index (χ1n) is 9.49. The van der Waals surface area contributed by atoms with Gasteiger partial charge in [-0.2, -0.15) is 0 Å². The molecule has 4 aromatic rings. The summed E-state index contributed by atoms with van der Waals surface area (Å²) < 4.78 is 0. The van der Waals surface area contributed by atoms with Crippen molar-refractivity contribution in [3.05, 3.63) is 103 Å². The fraction of sp³-hybridized carbons (Fsp3) is 0.115. The molecule has 0 bridgehead atoms. The molecule has 0 N–H and O–H groups in total. The van der Waals surface area contributed by atoms with E-state index in [0.29, 0.717) is 0 Å². The molecule has 1 nitrogen and oxygen atoms in total. The number of rotatable bonds is 3. The zero-order valence-corrected chi connectivity index (χ0v) is 16.2. The lowest BCUT2D eigenvalue weighted by atomic mass is 9.99. The topological polar surface area (TPSA) is 12.9 Å². The SMILES string of the molecule is CC.Cc1cccc(-c2cc(-c3ccccc3)cc(-c3ccccc3)n2)c1. The smallest absolute Gasteiger partial charge is 0.0715 e. The Morgan fingerprint density at radius 2 is 1.00 bits per heavy atom. The third-order valence-electron chi connectivity index (χ3n) is 4.32. The normalized spacial score (nSPS) is 10.0.